The fourth-order valence-electron chi connectivity index (χ4n) is 8.91. The maximum atomic E-state index is 13.8. The normalized spacial score (nSPS) is 31.8. The van der Waals surface area contributed by atoms with Crippen LogP contribution in [0.1, 0.15) is 86.7 Å². The van der Waals surface area contributed by atoms with Gasteiger partial charge >= 0.3 is 0 Å². The molecule has 2 aliphatic carbocycles. The molecule has 0 unspecified atom stereocenters. The van der Waals surface area contributed by atoms with Gasteiger partial charge in [-0.15, -0.1) is 0 Å². The van der Waals surface area contributed by atoms with Crippen LogP contribution in [0.25, 0.3) is 0 Å². The van der Waals surface area contributed by atoms with E-state index in [0.717, 1.165) is 49.1 Å². The summed E-state index contributed by atoms with van der Waals surface area (Å²) in [7, 11) is -2.52. The standard InChI is InChI=1S/C37H49ClN2O7S/c1-4-47-37(23-41)17-5-7-25(2)34(15-18-45-3)48(43,44)39-35(42)27-10-14-33-32(20-27)40(21-28-9-12-31(28)37)22-36(24-46-33)16-6-8-26-19-29(38)11-13-30(26)36/h10-11,13-14,19-20,23,25,28,31,34H,4-9,12,15-18,21-22,24H2,1-3H3,(H,39,42)/t25-,28-,31+,34+,36-,37-/m0/s1. The molecule has 0 saturated heterocycles. The summed E-state index contributed by atoms with van der Waals surface area (Å²) in [4.78, 5) is 29.0. The highest BCUT2D eigenvalue weighted by Gasteiger charge is 2.50. The molecule has 2 aliphatic heterocycles. The predicted molar refractivity (Wildman–Crippen MR) is 187 cm³/mol. The Morgan fingerprint density at radius 2 is 1.96 bits per heavy atom. The number of carbonyl (C=O) groups is 2. The molecule has 2 aromatic carbocycles. The van der Waals surface area contributed by atoms with E-state index in [1.54, 1.807) is 18.2 Å². The Morgan fingerprint density at radius 3 is 2.69 bits per heavy atom. The highest BCUT2D eigenvalue weighted by Crippen LogP contribution is 2.49. The van der Waals surface area contributed by atoms with Gasteiger partial charge < -0.3 is 23.9 Å². The molecule has 1 spiro atoms. The topological polar surface area (TPSA) is 111 Å². The Morgan fingerprint density at radius 1 is 1.12 bits per heavy atom. The number of carbonyl (C=O) groups excluding carboxylic acids is 2. The van der Waals surface area contributed by atoms with Crippen molar-refractivity contribution in [1.29, 1.82) is 0 Å². The fourth-order valence-corrected chi connectivity index (χ4v) is 10.8. The lowest BCUT2D eigenvalue weighted by Gasteiger charge is -2.50. The van der Waals surface area contributed by atoms with Crippen LogP contribution >= 0.6 is 11.6 Å². The molecular weight excluding hydrogens is 652 g/mol. The Hall–Kier alpha value is -2.66. The highest BCUT2D eigenvalue weighted by molar-refractivity contribution is 7.90. The number of aldehydes is 1. The first-order valence-electron chi connectivity index (χ1n) is 17.5. The quantitative estimate of drug-likeness (QED) is 0.360. The summed E-state index contributed by atoms with van der Waals surface area (Å²) in [5.41, 5.74) is 2.23. The Bertz CT molecular complexity index is 1620. The molecule has 262 valence electrons. The number of sulfonamides is 1. The first-order valence-corrected chi connectivity index (χ1v) is 19.4. The number of ether oxygens (including phenoxy) is 3. The molecule has 6 rings (SSSR count). The van der Waals surface area contributed by atoms with Crippen molar-refractivity contribution in [2.45, 2.75) is 87.9 Å². The number of methoxy groups -OCH3 is 1. The van der Waals surface area contributed by atoms with Gasteiger partial charge in [0.1, 0.15) is 11.4 Å². The smallest absolute Gasteiger partial charge is 0.264 e. The van der Waals surface area contributed by atoms with Gasteiger partial charge in [0, 0.05) is 49.4 Å². The third-order valence-corrected chi connectivity index (χ3v) is 13.7. The summed E-state index contributed by atoms with van der Waals surface area (Å²) in [6.07, 6.45) is 7.70. The molecule has 1 amide bonds. The number of halogens is 1. The molecule has 1 N–H and O–H groups in total. The van der Waals surface area contributed by atoms with Crippen molar-refractivity contribution < 1.29 is 32.2 Å². The number of nitrogens with one attached hydrogen (secondary N) is 1. The van der Waals surface area contributed by atoms with Crippen molar-refractivity contribution in [1.82, 2.24) is 4.72 Å². The summed E-state index contributed by atoms with van der Waals surface area (Å²) in [6.45, 7) is 6.27. The molecule has 2 aromatic rings. The van der Waals surface area contributed by atoms with Crippen molar-refractivity contribution in [2.75, 3.05) is 44.9 Å². The van der Waals surface area contributed by atoms with Crippen LogP contribution in [-0.4, -0.2) is 71.5 Å². The van der Waals surface area contributed by atoms with Gasteiger partial charge in [0.05, 0.1) is 17.5 Å². The summed E-state index contributed by atoms with van der Waals surface area (Å²) in [5.74, 6) is -0.0624. The van der Waals surface area contributed by atoms with Crippen LogP contribution in [0.5, 0.6) is 5.75 Å². The maximum Gasteiger partial charge on any atom is 0.264 e. The zero-order valence-electron chi connectivity index (χ0n) is 28.3. The van der Waals surface area contributed by atoms with E-state index in [1.807, 2.05) is 19.9 Å². The number of aryl methyl sites for hydroxylation is 1. The number of fused-ring (bicyclic) bond motifs is 4. The van der Waals surface area contributed by atoms with E-state index in [1.165, 1.54) is 18.2 Å². The second kappa shape index (κ2) is 14.3. The molecule has 11 heteroatoms. The fraction of sp³-hybridized carbons (Fsp3) is 0.622. The highest BCUT2D eigenvalue weighted by atomic mass is 35.5. The van der Waals surface area contributed by atoms with Gasteiger partial charge in [-0.25, -0.2) is 13.1 Å². The number of nitrogens with zero attached hydrogens (tertiary/aromatic N) is 1. The Kier molecular flexibility index (Phi) is 10.5. The number of hydrogen-bond acceptors (Lipinski definition) is 8. The number of amides is 1. The molecule has 4 aliphatic rings. The lowest BCUT2D eigenvalue weighted by atomic mass is 9.63. The van der Waals surface area contributed by atoms with Gasteiger partial charge in [-0.3, -0.25) is 4.79 Å². The van der Waals surface area contributed by atoms with Gasteiger partial charge in [0.15, 0.2) is 6.29 Å². The largest absolute Gasteiger partial charge is 0.490 e. The van der Waals surface area contributed by atoms with E-state index in [0.29, 0.717) is 51.3 Å². The SMILES string of the molecule is CCO[C@]1(C=O)CCC[C@H](C)[C@@H](CCOC)S(=O)(=O)NC(=O)c2ccc3c(c2)N(C[C@@H]2CC[C@H]21)C[C@@]1(CCCc2cc(Cl)ccc21)CO3. The molecule has 9 nitrogen and oxygen atoms in total. The summed E-state index contributed by atoms with van der Waals surface area (Å²) >= 11 is 6.44. The molecule has 1 saturated carbocycles. The van der Waals surface area contributed by atoms with Crippen molar-refractivity contribution in [2.24, 2.45) is 17.8 Å². The number of rotatable bonds is 6. The second-order valence-electron chi connectivity index (χ2n) is 14.4. The van der Waals surface area contributed by atoms with Crippen LogP contribution in [0.2, 0.25) is 5.02 Å². The Balaban J connectivity index is 1.44. The first-order chi connectivity index (χ1) is 23.0. The molecule has 0 aromatic heterocycles. The average Bonchev–Trinajstić information content (AvgIpc) is 3.19. The lowest BCUT2D eigenvalue weighted by Crippen LogP contribution is -2.55. The summed E-state index contributed by atoms with van der Waals surface area (Å²) in [6, 6.07) is 11.4. The van der Waals surface area contributed by atoms with Gasteiger partial charge in [0.25, 0.3) is 5.91 Å². The van der Waals surface area contributed by atoms with E-state index < -0.39 is 26.8 Å². The summed E-state index contributed by atoms with van der Waals surface area (Å²) < 4.78 is 48.2. The number of benzene rings is 2. The minimum Gasteiger partial charge on any atom is -0.490 e. The maximum absolute atomic E-state index is 13.8. The third kappa shape index (κ3) is 6.74. The van der Waals surface area contributed by atoms with Crippen LogP contribution in [0.15, 0.2) is 36.4 Å². The van der Waals surface area contributed by atoms with E-state index in [2.05, 4.69) is 21.8 Å². The molecule has 0 radical (unpaired) electrons. The monoisotopic (exact) mass is 700 g/mol. The van der Waals surface area contributed by atoms with Gasteiger partial charge in [-0.1, -0.05) is 24.6 Å². The van der Waals surface area contributed by atoms with Crippen molar-refractivity contribution in [3.05, 3.63) is 58.1 Å². The molecule has 2 bridgehead atoms. The van der Waals surface area contributed by atoms with Crippen LogP contribution in [0.3, 0.4) is 0 Å². The summed E-state index contributed by atoms with van der Waals surface area (Å²) in [5, 5.41) is -0.125. The minimum absolute atomic E-state index is 0.0266. The molecule has 2 heterocycles. The molecule has 1 fully saturated rings. The van der Waals surface area contributed by atoms with E-state index in [-0.39, 0.29) is 41.8 Å². The minimum atomic E-state index is -4.06. The number of anilines is 1. The van der Waals surface area contributed by atoms with Gasteiger partial charge in [-0.05, 0) is 124 Å². The lowest BCUT2D eigenvalue weighted by molar-refractivity contribution is -0.154. The van der Waals surface area contributed by atoms with Crippen LogP contribution in [0, 0.1) is 17.8 Å². The van der Waals surface area contributed by atoms with E-state index in [9.17, 15) is 18.0 Å². The van der Waals surface area contributed by atoms with Crippen molar-refractivity contribution in [3.8, 4) is 5.75 Å². The van der Waals surface area contributed by atoms with Crippen LogP contribution in [-0.2, 0) is 36.1 Å². The van der Waals surface area contributed by atoms with Crippen LogP contribution < -0.4 is 14.4 Å². The third-order valence-electron chi connectivity index (χ3n) is 11.5. The first kappa shape index (κ1) is 35.2. The second-order valence-corrected chi connectivity index (χ2v) is 16.7. The predicted octanol–water partition coefficient (Wildman–Crippen LogP) is 6.10. The molecule has 48 heavy (non-hydrogen) atoms. The van der Waals surface area contributed by atoms with Crippen molar-refractivity contribution in [3.63, 3.8) is 0 Å². The number of hydrogen-bond donors (Lipinski definition) is 1. The average molecular weight is 701 g/mol. The van der Waals surface area contributed by atoms with Crippen molar-refractivity contribution >= 4 is 39.5 Å². The van der Waals surface area contributed by atoms with Crippen LogP contribution in [0.4, 0.5) is 5.69 Å². The zero-order chi connectivity index (χ0) is 34.1. The van der Waals surface area contributed by atoms with Gasteiger partial charge in [-0.2, -0.15) is 0 Å². The molecule has 6 atom stereocenters. The zero-order valence-corrected chi connectivity index (χ0v) is 29.9. The van der Waals surface area contributed by atoms with E-state index in [4.69, 9.17) is 25.8 Å². The van der Waals surface area contributed by atoms with E-state index >= 15 is 0 Å². The molecular formula is C37H49ClN2O7S. The van der Waals surface area contributed by atoms with Gasteiger partial charge in [0.2, 0.25) is 10.0 Å². The Labute approximate surface area is 290 Å².